The van der Waals surface area contributed by atoms with Crippen LogP contribution in [0.15, 0.2) is 49.2 Å². The van der Waals surface area contributed by atoms with Crippen LogP contribution in [0.2, 0.25) is 0 Å². The number of amides is 1. The second-order valence-corrected chi connectivity index (χ2v) is 7.74. The number of halogens is 3. The van der Waals surface area contributed by atoms with Gasteiger partial charge in [0.05, 0.1) is 11.7 Å². The summed E-state index contributed by atoms with van der Waals surface area (Å²) in [6.45, 7) is 4.67. The molecule has 0 aliphatic carbocycles. The van der Waals surface area contributed by atoms with Crippen molar-refractivity contribution in [3.05, 3.63) is 71.7 Å². The first-order valence-electron chi connectivity index (χ1n) is 10.1. The number of allylic oxidation sites excluding steroid dienone is 1. The van der Waals surface area contributed by atoms with Crippen molar-refractivity contribution in [2.75, 3.05) is 6.54 Å². The molecule has 2 heterocycles. The summed E-state index contributed by atoms with van der Waals surface area (Å²) in [5.41, 5.74) is 4.66. The predicted octanol–water partition coefficient (Wildman–Crippen LogP) is 4.27. The minimum Gasteiger partial charge on any atom is -0.343 e. The van der Waals surface area contributed by atoms with Crippen LogP contribution in [0.1, 0.15) is 34.2 Å². The zero-order valence-corrected chi connectivity index (χ0v) is 18.0. The van der Waals surface area contributed by atoms with E-state index in [4.69, 9.17) is 0 Å². The maximum Gasteiger partial charge on any atom is 0.405 e. The highest BCUT2D eigenvalue weighted by Crippen LogP contribution is 2.28. The zero-order valence-electron chi connectivity index (χ0n) is 18.0. The molecular weight excluding hydrogens is 433 g/mol. The molecule has 0 radical (unpaired) electrons. The number of rotatable bonds is 6. The predicted molar refractivity (Wildman–Crippen MR) is 118 cm³/mol. The van der Waals surface area contributed by atoms with Gasteiger partial charge < -0.3 is 5.32 Å². The van der Waals surface area contributed by atoms with Gasteiger partial charge >= 0.3 is 6.18 Å². The van der Waals surface area contributed by atoms with Gasteiger partial charge in [-0.15, -0.1) is 0 Å². The second kappa shape index (κ2) is 8.53. The number of alkyl halides is 3. The Bertz CT molecular complexity index is 1330. The van der Waals surface area contributed by atoms with Crippen LogP contribution in [0.25, 0.3) is 27.9 Å². The molecule has 0 saturated carbocycles. The molecule has 2 N–H and O–H groups in total. The number of carbonyl (C=O) groups is 1. The summed E-state index contributed by atoms with van der Waals surface area (Å²) in [5.74, 6) is 0.383. The molecule has 0 atom stereocenters. The molecule has 7 nitrogen and oxygen atoms in total. The first-order chi connectivity index (χ1) is 15.6. The summed E-state index contributed by atoms with van der Waals surface area (Å²) in [4.78, 5) is 16.5. The normalized spacial score (nSPS) is 11.7. The van der Waals surface area contributed by atoms with Gasteiger partial charge in [-0.3, -0.25) is 14.6 Å². The van der Waals surface area contributed by atoms with Gasteiger partial charge in [-0.2, -0.15) is 23.4 Å². The highest BCUT2D eigenvalue weighted by atomic mass is 19.4. The Kier molecular flexibility index (Phi) is 5.75. The molecule has 4 rings (SSSR count). The molecule has 0 saturated heterocycles. The van der Waals surface area contributed by atoms with Crippen LogP contribution in [0, 0.1) is 0 Å². The van der Waals surface area contributed by atoms with Crippen LogP contribution in [0.3, 0.4) is 0 Å². The van der Waals surface area contributed by atoms with Gasteiger partial charge in [0.2, 0.25) is 0 Å². The van der Waals surface area contributed by atoms with Crippen molar-refractivity contribution < 1.29 is 18.0 Å². The third kappa shape index (κ3) is 4.79. The maximum absolute atomic E-state index is 12.3. The summed E-state index contributed by atoms with van der Waals surface area (Å²) >= 11 is 0. The molecule has 0 fully saturated rings. The molecule has 2 aromatic heterocycles. The lowest BCUT2D eigenvalue weighted by Gasteiger charge is -2.10. The van der Waals surface area contributed by atoms with E-state index in [0.29, 0.717) is 17.8 Å². The molecule has 4 aromatic rings. The monoisotopic (exact) mass is 454 g/mol. The van der Waals surface area contributed by atoms with E-state index < -0.39 is 18.6 Å². The number of carbonyl (C=O) groups excluding carboxylic acids is 1. The molecule has 33 heavy (non-hydrogen) atoms. The number of benzene rings is 2. The maximum atomic E-state index is 12.3. The number of hydrogen-bond acceptors (Lipinski definition) is 4. The summed E-state index contributed by atoms with van der Waals surface area (Å²) in [6.07, 6.45) is -2.17. The Labute approximate surface area is 187 Å². The van der Waals surface area contributed by atoms with Crippen LogP contribution in [-0.4, -0.2) is 43.6 Å². The number of aryl methyl sites for hydroxylation is 1. The van der Waals surface area contributed by atoms with E-state index in [1.807, 2.05) is 24.4 Å². The summed E-state index contributed by atoms with van der Waals surface area (Å²) in [7, 11) is 1.79. The topological polar surface area (TPSA) is 88.5 Å². The minimum absolute atomic E-state index is 0.124. The Morgan fingerprint density at radius 3 is 2.58 bits per heavy atom. The molecule has 0 aliphatic heterocycles. The van der Waals surface area contributed by atoms with Gasteiger partial charge in [-0.1, -0.05) is 30.4 Å². The van der Waals surface area contributed by atoms with Crippen LogP contribution < -0.4 is 5.32 Å². The lowest BCUT2D eigenvalue weighted by molar-refractivity contribution is -0.123. The fourth-order valence-corrected chi connectivity index (χ4v) is 3.63. The number of H-pyrrole nitrogens is 1. The zero-order chi connectivity index (χ0) is 23.8. The van der Waals surface area contributed by atoms with Gasteiger partial charge in [-0.05, 0) is 36.2 Å². The van der Waals surface area contributed by atoms with Crippen molar-refractivity contribution in [3.8, 4) is 11.4 Å². The number of hydrogen-bond donors (Lipinski definition) is 2. The van der Waals surface area contributed by atoms with E-state index in [1.54, 1.807) is 30.1 Å². The fourth-order valence-electron chi connectivity index (χ4n) is 3.63. The first kappa shape index (κ1) is 22.3. The van der Waals surface area contributed by atoms with Crippen LogP contribution >= 0.6 is 0 Å². The largest absolute Gasteiger partial charge is 0.405 e. The van der Waals surface area contributed by atoms with E-state index in [9.17, 15) is 18.0 Å². The van der Waals surface area contributed by atoms with Crippen molar-refractivity contribution in [2.45, 2.75) is 19.5 Å². The third-order valence-electron chi connectivity index (χ3n) is 5.19. The molecule has 2 aromatic carbocycles. The van der Waals surface area contributed by atoms with E-state index >= 15 is 0 Å². The quantitative estimate of drug-likeness (QED) is 0.455. The molecule has 1 amide bonds. The van der Waals surface area contributed by atoms with Crippen molar-refractivity contribution >= 4 is 22.4 Å². The highest BCUT2D eigenvalue weighted by molar-refractivity contribution is 5.94. The highest BCUT2D eigenvalue weighted by Gasteiger charge is 2.28. The second-order valence-electron chi connectivity index (χ2n) is 7.74. The molecular formula is C23H21F3N6O. The first-order valence-corrected chi connectivity index (χ1v) is 10.1. The van der Waals surface area contributed by atoms with Gasteiger partial charge in [0.15, 0.2) is 5.82 Å². The number of fused-ring (bicyclic) bond motifs is 1. The van der Waals surface area contributed by atoms with Crippen LogP contribution in [-0.2, 0) is 13.5 Å². The lowest BCUT2D eigenvalue weighted by atomic mass is 9.96. The van der Waals surface area contributed by atoms with E-state index in [0.717, 1.165) is 33.4 Å². The van der Waals surface area contributed by atoms with E-state index in [-0.39, 0.29) is 5.56 Å². The van der Waals surface area contributed by atoms with Crippen molar-refractivity contribution in [1.82, 2.24) is 30.3 Å². The van der Waals surface area contributed by atoms with E-state index in [2.05, 4.69) is 26.9 Å². The minimum atomic E-state index is -4.46. The summed E-state index contributed by atoms with van der Waals surface area (Å²) in [5, 5.41) is 14.4. The molecule has 0 spiro atoms. The Hall–Kier alpha value is -3.95. The summed E-state index contributed by atoms with van der Waals surface area (Å²) < 4.78 is 38.6. The molecule has 0 bridgehead atoms. The molecule has 170 valence electrons. The standard InChI is InChI=1S/C23H21F3N6O/c1-13(2)20-16(8-9-18-17(20)11-28-30-18)10-19-29-21(31-32(19)3)14-4-6-15(7-5-14)22(33)27-12-23(24,25)26/h4-9,11H,1,10,12H2,2-3H3,(H,27,33)(H,28,30). The SMILES string of the molecule is C=C(C)c1c(Cc2nc(-c3ccc(C(=O)NCC(F)(F)F)cc3)nn2C)ccc2[nH]ncc12. The molecule has 0 unspecified atom stereocenters. The van der Waals surface area contributed by atoms with Crippen molar-refractivity contribution in [2.24, 2.45) is 7.05 Å². The Morgan fingerprint density at radius 1 is 1.18 bits per heavy atom. The third-order valence-corrected chi connectivity index (χ3v) is 5.19. The van der Waals surface area contributed by atoms with Gasteiger partial charge in [0, 0.05) is 30.0 Å². The Morgan fingerprint density at radius 2 is 1.91 bits per heavy atom. The average molecular weight is 454 g/mol. The summed E-state index contributed by atoms with van der Waals surface area (Å²) in [6, 6.07) is 10.1. The number of aromatic nitrogens is 5. The number of nitrogens with zero attached hydrogens (tertiary/aromatic N) is 4. The van der Waals surface area contributed by atoms with Crippen molar-refractivity contribution in [3.63, 3.8) is 0 Å². The van der Waals surface area contributed by atoms with Crippen LogP contribution in [0.5, 0.6) is 0 Å². The smallest absolute Gasteiger partial charge is 0.343 e. The van der Waals surface area contributed by atoms with Crippen molar-refractivity contribution in [1.29, 1.82) is 0 Å². The molecule has 10 heteroatoms. The van der Waals surface area contributed by atoms with Gasteiger partial charge in [0.25, 0.3) is 5.91 Å². The Balaban J connectivity index is 1.56. The van der Waals surface area contributed by atoms with Crippen LogP contribution in [0.4, 0.5) is 13.2 Å². The fraction of sp³-hybridized carbons (Fsp3) is 0.217. The average Bonchev–Trinajstić information content (AvgIpc) is 3.38. The van der Waals surface area contributed by atoms with Gasteiger partial charge in [0.1, 0.15) is 12.4 Å². The van der Waals surface area contributed by atoms with E-state index in [1.165, 1.54) is 12.1 Å². The molecule has 0 aliphatic rings. The van der Waals surface area contributed by atoms with Gasteiger partial charge in [-0.25, -0.2) is 4.98 Å². The number of aromatic amines is 1. The lowest BCUT2D eigenvalue weighted by Crippen LogP contribution is -2.33. The number of nitrogens with one attached hydrogen (secondary N) is 2.